The molecule has 4 aliphatic carbocycles. The molecule has 3 saturated carbocycles. The molecule has 190 valence electrons. The summed E-state index contributed by atoms with van der Waals surface area (Å²) < 4.78 is 0. The van der Waals surface area contributed by atoms with Crippen LogP contribution in [0.1, 0.15) is 92.4 Å². The van der Waals surface area contributed by atoms with Crippen molar-refractivity contribution in [3.8, 4) is 0 Å². The summed E-state index contributed by atoms with van der Waals surface area (Å²) in [7, 11) is 0. The van der Waals surface area contributed by atoms with Gasteiger partial charge in [-0.15, -0.1) is 0 Å². The fourth-order valence-corrected chi connectivity index (χ4v) is 8.54. The van der Waals surface area contributed by atoms with Crippen LogP contribution in [0.4, 0.5) is 0 Å². The molecule has 0 bridgehead atoms. The van der Waals surface area contributed by atoms with Crippen LogP contribution in [-0.4, -0.2) is 35.2 Å². The summed E-state index contributed by atoms with van der Waals surface area (Å²) in [6.07, 6.45) is 9.96. The number of carbonyl (C=O) groups is 3. The van der Waals surface area contributed by atoms with Crippen molar-refractivity contribution < 1.29 is 19.5 Å². The van der Waals surface area contributed by atoms with E-state index in [1.165, 1.54) is 12.5 Å². The molecule has 34 heavy (non-hydrogen) atoms. The van der Waals surface area contributed by atoms with Gasteiger partial charge in [0, 0.05) is 38.1 Å². The number of aliphatic hydroxyl groups is 1. The number of Topliss-reactive ketones (excluding diaryl/α,β-unsaturated/α-hetero) is 2. The van der Waals surface area contributed by atoms with Crippen molar-refractivity contribution in [3.63, 3.8) is 0 Å². The third-order valence-corrected chi connectivity index (χ3v) is 10.6. The summed E-state index contributed by atoms with van der Waals surface area (Å²) in [6, 6.07) is 0. The largest absolute Gasteiger partial charge is 0.393 e. The Morgan fingerprint density at radius 1 is 1.15 bits per heavy atom. The molecule has 0 aromatic rings. The third-order valence-electron chi connectivity index (χ3n) is 10.6. The first-order valence-corrected chi connectivity index (χ1v) is 13.6. The molecular formula is C29H45NO4. The highest BCUT2D eigenvalue weighted by Crippen LogP contribution is 2.66. The normalized spacial score (nSPS) is 40.9. The summed E-state index contributed by atoms with van der Waals surface area (Å²) >= 11 is 0. The van der Waals surface area contributed by atoms with Gasteiger partial charge in [-0.3, -0.25) is 14.4 Å². The van der Waals surface area contributed by atoms with Crippen LogP contribution in [0.3, 0.4) is 0 Å². The van der Waals surface area contributed by atoms with Gasteiger partial charge in [-0.1, -0.05) is 39.3 Å². The number of hydrogen-bond donors (Lipinski definition) is 2. The first-order chi connectivity index (χ1) is 16.0. The highest BCUT2D eigenvalue weighted by atomic mass is 16.3. The molecule has 0 saturated heterocycles. The number of aliphatic hydroxyl groups excluding tert-OH is 1. The summed E-state index contributed by atoms with van der Waals surface area (Å²) in [4.78, 5) is 37.8. The molecule has 0 unspecified atom stereocenters. The topological polar surface area (TPSA) is 83.5 Å². The SMILES string of the molecule is CC(=O)NC[C@H](C)CCC(=O)[C@H](C)[C@H]1C(=O)C[C@H]2[C@@H]3CC=C4C[C@@H](O)CC[C@]4(C)[C@H]3CC[C@]12C. The van der Waals surface area contributed by atoms with Crippen LogP contribution < -0.4 is 5.32 Å². The maximum Gasteiger partial charge on any atom is 0.216 e. The summed E-state index contributed by atoms with van der Waals surface area (Å²) in [6.45, 7) is 10.9. The van der Waals surface area contributed by atoms with Crippen LogP contribution in [0.15, 0.2) is 11.6 Å². The lowest BCUT2D eigenvalue weighted by atomic mass is 9.47. The molecule has 9 atom stereocenters. The van der Waals surface area contributed by atoms with Crippen molar-refractivity contribution in [1.82, 2.24) is 5.32 Å². The zero-order chi connectivity index (χ0) is 24.8. The van der Waals surface area contributed by atoms with E-state index in [-0.39, 0.29) is 46.4 Å². The summed E-state index contributed by atoms with van der Waals surface area (Å²) in [5.74, 6) is 1.78. The van der Waals surface area contributed by atoms with Gasteiger partial charge in [0.25, 0.3) is 0 Å². The van der Waals surface area contributed by atoms with E-state index in [1.807, 2.05) is 6.92 Å². The number of hydrogen-bond acceptors (Lipinski definition) is 4. The molecule has 0 heterocycles. The molecule has 0 aromatic carbocycles. The molecule has 0 aliphatic heterocycles. The fraction of sp³-hybridized carbons (Fsp3) is 0.828. The van der Waals surface area contributed by atoms with E-state index < -0.39 is 0 Å². The highest BCUT2D eigenvalue weighted by molar-refractivity contribution is 5.92. The number of nitrogens with one attached hydrogen (secondary N) is 1. The average Bonchev–Trinajstić information content (AvgIpc) is 3.05. The quantitative estimate of drug-likeness (QED) is 0.519. The number of rotatable bonds is 7. The lowest BCUT2D eigenvalue weighted by molar-refractivity contribution is -0.134. The Balaban J connectivity index is 1.46. The Bertz CT molecular complexity index is 864. The van der Waals surface area contributed by atoms with Crippen molar-refractivity contribution in [1.29, 1.82) is 0 Å². The van der Waals surface area contributed by atoms with Crippen molar-refractivity contribution in [2.45, 2.75) is 98.5 Å². The third kappa shape index (κ3) is 4.42. The van der Waals surface area contributed by atoms with Crippen molar-refractivity contribution in [2.24, 2.45) is 46.3 Å². The van der Waals surface area contributed by atoms with E-state index in [0.717, 1.165) is 44.9 Å². The van der Waals surface area contributed by atoms with Gasteiger partial charge in [-0.25, -0.2) is 0 Å². The summed E-state index contributed by atoms with van der Waals surface area (Å²) in [5.41, 5.74) is 1.52. The minimum absolute atomic E-state index is 0.0411. The van der Waals surface area contributed by atoms with Crippen LogP contribution in [0.2, 0.25) is 0 Å². The molecule has 5 heteroatoms. The smallest absolute Gasteiger partial charge is 0.216 e. The van der Waals surface area contributed by atoms with Gasteiger partial charge >= 0.3 is 0 Å². The number of ketones is 2. The Labute approximate surface area is 205 Å². The van der Waals surface area contributed by atoms with E-state index in [2.05, 4.69) is 32.2 Å². The van der Waals surface area contributed by atoms with E-state index in [9.17, 15) is 19.5 Å². The number of carbonyl (C=O) groups excluding carboxylic acids is 3. The van der Waals surface area contributed by atoms with Crippen LogP contribution >= 0.6 is 0 Å². The molecule has 4 rings (SSSR count). The molecule has 2 N–H and O–H groups in total. The van der Waals surface area contributed by atoms with E-state index >= 15 is 0 Å². The molecule has 4 aliphatic rings. The lowest BCUT2D eigenvalue weighted by Crippen LogP contribution is -2.51. The predicted molar refractivity (Wildman–Crippen MR) is 133 cm³/mol. The predicted octanol–water partition coefficient (Wildman–Crippen LogP) is 4.86. The molecule has 3 fully saturated rings. The van der Waals surface area contributed by atoms with Gasteiger partial charge in [0.05, 0.1) is 6.10 Å². The molecule has 0 radical (unpaired) electrons. The second kappa shape index (κ2) is 9.52. The zero-order valence-electron chi connectivity index (χ0n) is 21.9. The van der Waals surface area contributed by atoms with E-state index in [0.29, 0.717) is 42.9 Å². The van der Waals surface area contributed by atoms with Crippen molar-refractivity contribution in [2.75, 3.05) is 6.54 Å². The minimum atomic E-state index is -0.234. The molecular weight excluding hydrogens is 426 g/mol. The maximum absolute atomic E-state index is 13.4. The van der Waals surface area contributed by atoms with Crippen LogP contribution in [0, 0.1) is 46.3 Å². The first-order valence-electron chi connectivity index (χ1n) is 13.6. The van der Waals surface area contributed by atoms with Crippen molar-refractivity contribution >= 4 is 17.5 Å². The van der Waals surface area contributed by atoms with E-state index in [1.54, 1.807) is 0 Å². The van der Waals surface area contributed by atoms with Crippen LogP contribution in [-0.2, 0) is 14.4 Å². The summed E-state index contributed by atoms with van der Waals surface area (Å²) in [5, 5.41) is 13.1. The van der Waals surface area contributed by atoms with Gasteiger partial charge in [0.1, 0.15) is 11.6 Å². The lowest BCUT2D eigenvalue weighted by Gasteiger charge is -2.58. The number of amides is 1. The second-order valence-electron chi connectivity index (χ2n) is 12.7. The first kappa shape index (κ1) is 25.6. The average molecular weight is 472 g/mol. The minimum Gasteiger partial charge on any atom is -0.393 e. The maximum atomic E-state index is 13.4. The van der Waals surface area contributed by atoms with Crippen LogP contribution in [0.5, 0.6) is 0 Å². The highest BCUT2D eigenvalue weighted by Gasteiger charge is 2.62. The van der Waals surface area contributed by atoms with E-state index in [4.69, 9.17) is 0 Å². The second-order valence-corrected chi connectivity index (χ2v) is 12.7. The van der Waals surface area contributed by atoms with Gasteiger partial charge < -0.3 is 10.4 Å². The molecule has 5 nitrogen and oxygen atoms in total. The van der Waals surface area contributed by atoms with Crippen LogP contribution in [0.25, 0.3) is 0 Å². The Hall–Kier alpha value is -1.49. The van der Waals surface area contributed by atoms with Gasteiger partial charge in [-0.2, -0.15) is 0 Å². The monoisotopic (exact) mass is 471 g/mol. The molecule has 0 aromatic heterocycles. The molecule has 0 spiro atoms. The fourth-order valence-electron chi connectivity index (χ4n) is 8.54. The Kier molecular flexibility index (Phi) is 7.17. The van der Waals surface area contributed by atoms with Gasteiger partial charge in [-0.05, 0) is 79.4 Å². The Morgan fingerprint density at radius 3 is 2.59 bits per heavy atom. The standard InChI is InChI=1S/C29H45NO4/c1-17(16-30-19(3)31)6-9-25(33)18(2)27-26(34)15-24-22-8-7-20-14-21(32)10-12-28(20,4)23(22)11-13-29(24,27)5/h7,17-18,21-24,27,32H,6,8-16H2,1-5H3,(H,30,31)/t17-,18+,21+,22-,23+,24+,27+,28+,29+/m1/s1. The van der Waals surface area contributed by atoms with Gasteiger partial charge in [0.2, 0.25) is 5.91 Å². The molecule has 1 amide bonds. The number of fused-ring (bicyclic) bond motifs is 5. The Morgan fingerprint density at radius 2 is 1.88 bits per heavy atom. The zero-order valence-corrected chi connectivity index (χ0v) is 21.9. The number of allylic oxidation sites excluding steroid dienone is 1. The van der Waals surface area contributed by atoms with Crippen molar-refractivity contribution in [3.05, 3.63) is 11.6 Å². The van der Waals surface area contributed by atoms with Gasteiger partial charge in [0.15, 0.2) is 0 Å².